The van der Waals surface area contributed by atoms with E-state index in [1.807, 2.05) is 0 Å². The van der Waals surface area contributed by atoms with Crippen LogP contribution in [-0.4, -0.2) is 19.5 Å². The molecule has 1 saturated heterocycles. The van der Waals surface area contributed by atoms with E-state index >= 15 is 0 Å². The Kier molecular flexibility index (Phi) is 4.20. The number of methoxy groups -OCH3 is 1. The summed E-state index contributed by atoms with van der Waals surface area (Å²) in [4.78, 5) is 0. The summed E-state index contributed by atoms with van der Waals surface area (Å²) < 4.78 is 11.0. The van der Waals surface area contributed by atoms with Crippen LogP contribution in [0.25, 0.3) is 0 Å². The van der Waals surface area contributed by atoms with Crippen LogP contribution in [0.4, 0.5) is 0 Å². The first-order valence-electron chi connectivity index (χ1n) is 5.35. The van der Waals surface area contributed by atoms with Crippen molar-refractivity contribution < 1.29 is 9.47 Å². The molecule has 1 aliphatic rings. The molecule has 13 heavy (non-hydrogen) atoms. The summed E-state index contributed by atoms with van der Waals surface area (Å²) in [5.74, 6) is 1.51. The average Bonchev–Trinajstić information content (AvgIpc) is 2.16. The molecule has 0 aromatic heterocycles. The molecule has 0 bridgehead atoms. The molecule has 0 aliphatic carbocycles. The third-order valence-corrected chi connectivity index (χ3v) is 3.07. The minimum atomic E-state index is 0.0334. The largest absolute Gasteiger partial charge is 0.356 e. The van der Waals surface area contributed by atoms with E-state index in [1.54, 1.807) is 7.11 Å². The van der Waals surface area contributed by atoms with Crippen LogP contribution >= 0.6 is 0 Å². The van der Waals surface area contributed by atoms with Gasteiger partial charge in [0, 0.05) is 13.5 Å². The van der Waals surface area contributed by atoms with Crippen LogP contribution in [0.3, 0.4) is 0 Å². The third-order valence-electron chi connectivity index (χ3n) is 3.07. The van der Waals surface area contributed by atoms with Gasteiger partial charge in [0.05, 0.1) is 6.10 Å². The predicted octanol–water partition coefficient (Wildman–Crippen LogP) is 2.82. The van der Waals surface area contributed by atoms with Gasteiger partial charge in [-0.15, -0.1) is 0 Å². The number of hydrogen-bond donors (Lipinski definition) is 0. The van der Waals surface area contributed by atoms with Crippen LogP contribution in [0.1, 0.15) is 40.0 Å². The second kappa shape index (κ2) is 4.97. The van der Waals surface area contributed by atoms with E-state index in [2.05, 4.69) is 20.8 Å². The van der Waals surface area contributed by atoms with Crippen LogP contribution in [-0.2, 0) is 9.47 Å². The molecule has 2 nitrogen and oxygen atoms in total. The Labute approximate surface area is 81.6 Å². The van der Waals surface area contributed by atoms with Crippen molar-refractivity contribution in [3.63, 3.8) is 0 Å². The fraction of sp³-hybridized carbons (Fsp3) is 1.00. The highest BCUT2D eigenvalue weighted by atomic mass is 16.7. The zero-order valence-corrected chi connectivity index (χ0v) is 9.25. The van der Waals surface area contributed by atoms with Crippen molar-refractivity contribution in [1.82, 2.24) is 0 Å². The molecule has 1 aliphatic heterocycles. The molecule has 0 saturated carbocycles. The number of hydrogen-bond acceptors (Lipinski definition) is 2. The van der Waals surface area contributed by atoms with E-state index in [0.29, 0.717) is 6.10 Å². The monoisotopic (exact) mass is 186 g/mol. The van der Waals surface area contributed by atoms with Crippen LogP contribution in [0, 0.1) is 11.8 Å². The zero-order chi connectivity index (χ0) is 9.84. The predicted molar refractivity (Wildman–Crippen MR) is 53.5 cm³/mol. The Hall–Kier alpha value is -0.0800. The molecule has 0 N–H and O–H groups in total. The quantitative estimate of drug-likeness (QED) is 0.674. The molecule has 0 spiro atoms. The lowest BCUT2D eigenvalue weighted by atomic mass is 9.85. The van der Waals surface area contributed by atoms with Gasteiger partial charge in [0.25, 0.3) is 0 Å². The van der Waals surface area contributed by atoms with Gasteiger partial charge in [0.1, 0.15) is 0 Å². The Morgan fingerprint density at radius 1 is 1.38 bits per heavy atom. The number of rotatable bonds is 3. The molecule has 0 amide bonds. The van der Waals surface area contributed by atoms with Gasteiger partial charge in [-0.1, -0.05) is 20.8 Å². The molecule has 3 atom stereocenters. The summed E-state index contributed by atoms with van der Waals surface area (Å²) in [6.45, 7) is 6.75. The lowest BCUT2D eigenvalue weighted by Crippen LogP contribution is -2.35. The van der Waals surface area contributed by atoms with Gasteiger partial charge in [0.2, 0.25) is 0 Å². The van der Waals surface area contributed by atoms with Gasteiger partial charge >= 0.3 is 0 Å². The minimum Gasteiger partial charge on any atom is -0.356 e. The Balaban J connectivity index is 2.49. The second-order valence-corrected chi connectivity index (χ2v) is 4.31. The van der Waals surface area contributed by atoms with Crippen molar-refractivity contribution in [2.45, 2.75) is 52.4 Å². The van der Waals surface area contributed by atoms with Gasteiger partial charge < -0.3 is 9.47 Å². The topological polar surface area (TPSA) is 18.5 Å². The highest BCUT2D eigenvalue weighted by Crippen LogP contribution is 2.31. The van der Waals surface area contributed by atoms with E-state index < -0.39 is 0 Å². The molecular formula is C11H22O2. The normalized spacial score (nSPS) is 35.3. The van der Waals surface area contributed by atoms with Crippen LogP contribution in [0.2, 0.25) is 0 Å². The van der Waals surface area contributed by atoms with E-state index in [-0.39, 0.29) is 6.29 Å². The lowest BCUT2D eigenvalue weighted by Gasteiger charge is -2.36. The molecule has 2 heteroatoms. The van der Waals surface area contributed by atoms with Crippen molar-refractivity contribution in [1.29, 1.82) is 0 Å². The summed E-state index contributed by atoms with van der Waals surface area (Å²) in [7, 11) is 1.74. The van der Waals surface area contributed by atoms with Crippen LogP contribution in [0.5, 0.6) is 0 Å². The second-order valence-electron chi connectivity index (χ2n) is 4.31. The summed E-state index contributed by atoms with van der Waals surface area (Å²) >= 11 is 0. The lowest BCUT2D eigenvalue weighted by molar-refractivity contribution is -0.197. The fourth-order valence-electron chi connectivity index (χ4n) is 1.97. The molecule has 3 unspecified atom stereocenters. The van der Waals surface area contributed by atoms with Gasteiger partial charge in [0.15, 0.2) is 6.29 Å². The van der Waals surface area contributed by atoms with Gasteiger partial charge in [-0.2, -0.15) is 0 Å². The van der Waals surface area contributed by atoms with Crippen molar-refractivity contribution in [2.24, 2.45) is 11.8 Å². The van der Waals surface area contributed by atoms with Crippen LogP contribution < -0.4 is 0 Å². The maximum Gasteiger partial charge on any atom is 0.157 e. The van der Waals surface area contributed by atoms with Gasteiger partial charge in [-0.3, -0.25) is 0 Å². The molecule has 78 valence electrons. The Morgan fingerprint density at radius 3 is 2.54 bits per heavy atom. The summed E-state index contributed by atoms with van der Waals surface area (Å²) in [6, 6.07) is 0. The van der Waals surface area contributed by atoms with E-state index in [4.69, 9.17) is 9.47 Å². The first kappa shape index (κ1) is 11.0. The zero-order valence-electron chi connectivity index (χ0n) is 9.25. The molecular weight excluding hydrogens is 164 g/mol. The smallest absolute Gasteiger partial charge is 0.157 e. The molecule has 0 aromatic rings. The molecule has 1 heterocycles. The Morgan fingerprint density at radius 2 is 2.08 bits per heavy atom. The summed E-state index contributed by atoms with van der Waals surface area (Å²) in [6.07, 6.45) is 3.80. The molecule has 0 radical (unpaired) electrons. The average molecular weight is 186 g/mol. The first-order chi connectivity index (χ1) is 6.17. The maximum absolute atomic E-state index is 5.74. The third kappa shape index (κ3) is 2.96. The van der Waals surface area contributed by atoms with Crippen LogP contribution in [0.15, 0.2) is 0 Å². The van der Waals surface area contributed by atoms with E-state index in [0.717, 1.165) is 24.7 Å². The first-order valence-corrected chi connectivity index (χ1v) is 5.35. The van der Waals surface area contributed by atoms with Gasteiger partial charge in [-0.05, 0) is 24.7 Å². The SMILES string of the molecule is CCC1CC(C(C)C)CC(OC)O1. The van der Waals surface area contributed by atoms with Crippen molar-refractivity contribution in [3.05, 3.63) is 0 Å². The molecule has 1 fully saturated rings. The minimum absolute atomic E-state index is 0.0334. The Bertz CT molecular complexity index is 133. The molecule has 1 rings (SSSR count). The van der Waals surface area contributed by atoms with E-state index in [9.17, 15) is 0 Å². The molecule has 0 aromatic carbocycles. The highest BCUT2D eigenvalue weighted by Gasteiger charge is 2.29. The van der Waals surface area contributed by atoms with E-state index in [1.165, 1.54) is 6.42 Å². The van der Waals surface area contributed by atoms with Crippen molar-refractivity contribution in [2.75, 3.05) is 7.11 Å². The fourth-order valence-corrected chi connectivity index (χ4v) is 1.97. The number of ether oxygens (including phenoxy) is 2. The summed E-state index contributed by atoms with van der Waals surface area (Å²) in [5.41, 5.74) is 0. The van der Waals surface area contributed by atoms with Crippen molar-refractivity contribution in [3.8, 4) is 0 Å². The highest BCUT2D eigenvalue weighted by molar-refractivity contribution is 4.75. The van der Waals surface area contributed by atoms with Gasteiger partial charge in [-0.25, -0.2) is 0 Å². The summed E-state index contributed by atoms with van der Waals surface area (Å²) in [5, 5.41) is 0. The maximum atomic E-state index is 5.74. The standard InChI is InChI=1S/C11H22O2/c1-5-10-6-9(8(2)3)7-11(12-4)13-10/h8-11H,5-7H2,1-4H3. The van der Waals surface area contributed by atoms with Crippen molar-refractivity contribution >= 4 is 0 Å².